The first-order valence-electron chi connectivity index (χ1n) is 9.83. The molecule has 31 heavy (non-hydrogen) atoms. The van der Waals surface area contributed by atoms with Gasteiger partial charge in [-0.2, -0.15) is 0 Å². The number of benzene rings is 3. The van der Waals surface area contributed by atoms with Crippen LogP contribution in [0.4, 0.5) is 4.39 Å². The van der Waals surface area contributed by atoms with Crippen molar-refractivity contribution in [1.82, 2.24) is 14.9 Å². The summed E-state index contributed by atoms with van der Waals surface area (Å²) >= 11 is 1.11. The first kappa shape index (κ1) is 20.8. The van der Waals surface area contributed by atoms with Gasteiger partial charge in [-0.1, -0.05) is 66.4 Å². The minimum absolute atomic E-state index is 0.0635. The summed E-state index contributed by atoms with van der Waals surface area (Å²) in [5, 5.41) is 3.54. The number of rotatable bonds is 7. The van der Waals surface area contributed by atoms with Gasteiger partial charge in [0.1, 0.15) is 5.82 Å². The lowest BCUT2D eigenvalue weighted by molar-refractivity contribution is -0.118. The molecule has 0 unspecified atom stereocenters. The number of fused-ring (bicyclic) bond motifs is 1. The molecule has 0 aliphatic rings. The minimum Gasteiger partial charge on any atom is -0.355 e. The van der Waals surface area contributed by atoms with Crippen molar-refractivity contribution >= 4 is 28.6 Å². The molecular weight excluding hydrogens is 413 g/mol. The van der Waals surface area contributed by atoms with E-state index in [9.17, 15) is 14.0 Å². The Labute approximate surface area is 182 Å². The molecule has 0 saturated carbocycles. The maximum absolute atomic E-state index is 14.5. The SMILES string of the molecule is O=C(CSc1nc2ccccc2c(=O)n1-c1ccccc1F)NCCc1ccccc1. The van der Waals surface area contributed by atoms with Crippen molar-refractivity contribution in [3.8, 4) is 5.69 Å². The number of carbonyl (C=O) groups is 1. The largest absolute Gasteiger partial charge is 0.355 e. The van der Waals surface area contributed by atoms with E-state index in [0.717, 1.165) is 23.7 Å². The number of thioether (sulfide) groups is 1. The van der Waals surface area contributed by atoms with Gasteiger partial charge in [0.05, 0.1) is 22.3 Å². The Kier molecular flexibility index (Phi) is 6.43. The Hall–Kier alpha value is -3.45. The van der Waals surface area contributed by atoms with E-state index in [1.165, 1.54) is 16.7 Å². The highest BCUT2D eigenvalue weighted by molar-refractivity contribution is 7.99. The van der Waals surface area contributed by atoms with Crippen molar-refractivity contribution in [1.29, 1.82) is 0 Å². The van der Waals surface area contributed by atoms with Crippen molar-refractivity contribution in [2.24, 2.45) is 0 Å². The summed E-state index contributed by atoms with van der Waals surface area (Å²) in [6, 6.07) is 22.8. The number of amides is 1. The summed E-state index contributed by atoms with van der Waals surface area (Å²) in [7, 11) is 0. The predicted molar refractivity (Wildman–Crippen MR) is 121 cm³/mol. The summed E-state index contributed by atoms with van der Waals surface area (Å²) in [5.74, 6) is -0.645. The second-order valence-corrected chi connectivity index (χ2v) is 7.82. The third kappa shape index (κ3) is 4.83. The second kappa shape index (κ2) is 9.57. The van der Waals surface area contributed by atoms with Gasteiger partial charge in [-0.15, -0.1) is 0 Å². The molecule has 0 aliphatic carbocycles. The number of para-hydroxylation sites is 2. The minimum atomic E-state index is -0.532. The third-order valence-electron chi connectivity index (χ3n) is 4.75. The van der Waals surface area contributed by atoms with Gasteiger partial charge in [-0.05, 0) is 36.2 Å². The van der Waals surface area contributed by atoms with Crippen molar-refractivity contribution < 1.29 is 9.18 Å². The van der Waals surface area contributed by atoms with Gasteiger partial charge < -0.3 is 5.32 Å². The van der Waals surface area contributed by atoms with E-state index in [4.69, 9.17) is 0 Å². The Morgan fingerprint density at radius 3 is 2.48 bits per heavy atom. The van der Waals surface area contributed by atoms with E-state index in [2.05, 4.69) is 10.3 Å². The van der Waals surface area contributed by atoms with Crippen molar-refractivity contribution in [3.05, 3.63) is 101 Å². The van der Waals surface area contributed by atoms with Crippen LogP contribution >= 0.6 is 11.8 Å². The Morgan fingerprint density at radius 2 is 1.68 bits per heavy atom. The highest BCUT2D eigenvalue weighted by atomic mass is 32.2. The van der Waals surface area contributed by atoms with Gasteiger partial charge in [-0.25, -0.2) is 9.37 Å². The first-order valence-corrected chi connectivity index (χ1v) is 10.8. The van der Waals surface area contributed by atoms with Crippen LogP contribution in [0.25, 0.3) is 16.6 Å². The fourth-order valence-corrected chi connectivity index (χ4v) is 4.06. The molecule has 1 aromatic heterocycles. The van der Waals surface area contributed by atoms with Crippen LogP contribution in [0, 0.1) is 5.82 Å². The molecule has 0 aliphatic heterocycles. The first-order chi connectivity index (χ1) is 15.1. The molecule has 0 radical (unpaired) electrons. The van der Waals surface area contributed by atoms with Crippen LogP contribution < -0.4 is 10.9 Å². The summed E-state index contributed by atoms with van der Waals surface area (Å²) < 4.78 is 15.7. The normalized spacial score (nSPS) is 10.9. The molecule has 0 spiro atoms. The van der Waals surface area contributed by atoms with Crippen molar-refractivity contribution in [2.45, 2.75) is 11.6 Å². The van der Waals surface area contributed by atoms with E-state index in [0.29, 0.717) is 17.4 Å². The van der Waals surface area contributed by atoms with Crippen LogP contribution in [-0.2, 0) is 11.2 Å². The van der Waals surface area contributed by atoms with Gasteiger partial charge in [0.25, 0.3) is 5.56 Å². The van der Waals surface area contributed by atoms with Crippen LogP contribution in [0.5, 0.6) is 0 Å². The highest BCUT2D eigenvalue weighted by Crippen LogP contribution is 2.22. The van der Waals surface area contributed by atoms with Crippen LogP contribution in [0.15, 0.2) is 88.8 Å². The summed E-state index contributed by atoms with van der Waals surface area (Å²) in [6.45, 7) is 0.509. The predicted octanol–water partition coefficient (Wildman–Crippen LogP) is 3.98. The molecule has 7 heteroatoms. The zero-order valence-electron chi connectivity index (χ0n) is 16.6. The van der Waals surface area contributed by atoms with Crippen molar-refractivity contribution in [2.75, 3.05) is 12.3 Å². The van der Waals surface area contributed by atoms with Gasteiger partial charge in [0.2, 0.25) is 5.91 Å². The molecule has 4 rings (SSSR count). The van der Waals surface area contributed by atoms with Crippen LogP contribution in [-0.4, -0.2) is 27.8 Å². The fraction of sp³-hybridized carbons (Fsp3) is 0.125. The van der Waals surface area contributed by atoms with Crippen LogP contribution in [0.1, 0.15) is 5.56 Å². The number of halogens is 1. The lowest BCUT2D eigenvalue weighted by Crippen LogP contribution is -2.28. The molecule has 0 saturated heterocycles. The lowest BCUT2D eigenvalue weighted by atomic mass is 10.1. The highest BCUT2D eigenvalue weighted by Gasteiger charge is 2.16. The van der Waals surface area contributed by atoms with E-state index in [1.54, 1.807) is 36.4 Å². The number of hydrogen-bond acceptors (Lipinski definition) is 4. The molecule has 156 valence electrons. The topological polar surface area (TPSA) is 64.0 Å². The van der Waals surface area contributed by atoms with Gasteiger partial charge in [0, 0.05) is 6.54 Å². The monoisotopic (exact) mass is 433 g/mol. The number of nitrogens with zero attached hydrogens (tertiary/aromatic N) is 2. The average molecular weight is 434 g/mol. The number of carbonyl (C=O) groups excluding carboxylic acids is 1. The maximum atomic E-state index is 14.5. The van der Waals surface area contributed by atoms with E-state index < -0.39 is 5.82 Å². The Bertz CT molecular complexity index is 1270. The van der Waals surface area contributed by atoms with E-state index in [-0.39, 0.29) is 28.1 Å². The average Bonchev–Trinajstić information content (AvgIpc) is 2.79. The molecule has 3 aromatic carbocycles. The zero-order chi connectivity index (χ0) is 21.6. The van der Waals surface area contributed by atoms with Gasteiger partial charge in [0.15, 0.2) is 5.16 Å². The van der Waals surface area contributed by atoms with E-state index in [1.807, 2.05) is 30.3 Å². The molecular formula is C24H20FN3O2S. The molecule has 1 amide bonds. The quantitative estimate of drug-likeness (QED) is 0.354. The zero-order valence-corrected chi connectivity index (χ0v) is 17.4. The molecule has 1 heterocycles. The second-order valence-electron chi connectivity index (χ2n) is 6.88. The fourth-order valence-electron chi connectivity index (χ4n) is 3.23. The van der Waals surface area contributed by atoms with Gasteiger partial charge >= 0.3 is 0 Å². The van der Waals surface area contributed by atoms with Crippen LogP contribution in [0.2, 0.25) is 0 Å². The smallest absolute Gasteiger partial charge is 0.266 e. The molecule has 1 N–H and O–H groups in total. The number of nitrogens with one attached hydrogen (secondary N) is 1. The Morgan fingerprint density at radius 1 is 0.968 bits per heavy atom. The summed E-state index contributed by atoms with van der Waals surface area (Å²) in [4.78, 5) is 30.0. The molecule has 0 bridgehead atoms. The third-order valence-corrected chi connectivity index (χ3v) is 5.69. The molecule has 5 nitrogen and oxygen atoms in total. The lowest BCUT2D eigenvalue weighted by Gasteiger charge is -2.13. The summed E-state index contributed by atoms with van der Waals surface area (Å²) in [5.41, 5.74) is 1.38. The summed E-state index contributed by atoms with van der Waals surface area (Å²) in [6.07, 6.45) is 0.728. The number of hydrogen-bond donors (Lipinski definition) is 1. The van der Waals surface area contributed by atoms with Crippen molar-refractivity contribution in [3.63, 3.8) is 0 Å². The standard InChI is InChI=1S/C24H20FN3O2S/c25-19-11-5-7-13-21(19)28-23(30)18-10-4-6-12-20(18)27-24(28)31-16-22(29)26-15-14-17-8-2-1-3-9-17/h1-13H,14-16H2,(H,26,29). The number of aromatic nitrogens is 2. The molecule has 4 aromatic rings. The molecule has 0 atom stereocenters. The van der Waals surface area contributed by atoms with Crippen LogP contribution in [0.3, 0.4) is 0 Å². The maximum Gasteiger partial charge on any atom is 0.266 e. The van der Waals surface area contributed by atoms with E-state index >= 15 is 0 Å². The molecule has 0 fully saturated rings. The Balaban J connectivity index is 1.55. The van der Waals surface area contributed by atoms with Gasteiger partial charge in [-0.3, -0.25) is 14.2 Å².